The predicted octanol–water partition coefficient (Wildman–Crippen LogP) is -1.21. The first-order valence-corrected chi connectivity index (χ1v) is 4.93. The first-order chi connectivity index (χ1) is 7.22. The molecule has 1 atom stereocenters. The van der Waals surface area contributed by atoms with Gasteiger partial charge in [-0.3, -0.25) is 4.79 Å². The first kappa shape index (κ1) is 11.6. The van der Waals surface area contributed by atoms with Gasteiger partial charge in [0.1, 0.15) is 12.9 Å². The zero-order chi connectivity index (χ0) is 11.1. The van der Waals surface area contributed by atoms with Crippen LogP contribution in [0.2, 0.25) is 0 Å². The van der Waals surface area contributed by atoms with Crippen LogP contribution in [0.15, 0.2) is 6.33 Å². The minimum Gasteiger partial charge on any atom is -0.353 e. The van der Waals surface area contributed by atoms with Gasteiger partial charge in [-0.2, -0.15) is 0 Å². The molecule has 1 rings (SSSR count). The molecule has 0 saturated carbocycles. The second-order valence-electron chi connectivity index (χ2n) is 3.27. The molecular weight excluding hydrogens is 196 g/mol. The van der Waals surface area contributed by atoms with E-state index in [-0.39, 0.29) is 18.5 Å². The van der Waals surface area contributed by atoms with Crippen LogP contribution in [0.5, 0.6) is 0 Å². The normalized spacial score (nSPS) is 12.4. The number of rotatable bonds is 6. The van der Waals surface area contributed by atoms with Gasteiger partial charge in [-0.25, -0.2) is 4.68 Å². The molecule has 1 aromatic heterocycles. The van der Waals surface area contributed by atoms with Crippen LogP contribution in [-0.4, -0.2) is 45.2 Å². The lowest BCUT2D eigenvalue weighted by atomic mass is 10.3. The summed E-state index contributed by atoms with van der Waals surface area (Å²) in [6, 6.07) is 0.271. The third kappa shape index (κ3) is 4.50. The van der Waals surface area contributed by atoms with Crippen molar-refractivity contribution in [1.82, 2.24) is 30.8 Å². The van der Waals surface area contributed by atoms with Gasteiger partial charge < -0.3 is 10.6 Å². The van der Waals surface area contributed by atoms with Gasteiger partial charge in [0, 0.05) is 12.6 Å². The second-order valence-corrected chi connectivity index (χ2v) is 3.27. The van der Waals surface area contributed by atoms with Crippen molar-refractivity contribution in [3.63, 3.8) is 0 Å². The molecule has 1 aromatic rings. The molecule has 0 unspecified atom stereocenters. The predicted molar refractivity (Wildman–Crippen MR) is 54.0 cm³/mol. The number of tetrazole rings is 1. The maximum atomic E-state index is 11.4. The van der Waals surface area contributed by atoms with E-state index in [2.05, 4.69) is 26.2 Å². The van der Waals surface area contributed by atoms with Gasteiger partial charge in [0.2, 0.25) is 5.91 Å². The summed E-state index contributed by atoms with van der Waals surface area (Å²) in [5.74, 6) is -0.0907. The van der Waals surface area contributed by atoms with Crippen LogP contribution < -0.4 is 10.6 Å². The molecule has 1 amide bonds. The van der Waals surface area contributed by atoms with Crippen LogP contribution in [-0.2, 0) is 11.3 Å². The fourth-order valence-corrected chi connectivity index (χ4v) is 1.14. The van der Waals surface area contributed by atoms with Gasteiger partial charge in [-0.15, -0.1) is 5.10 Å². The standard InChI is InChI=1S/C8H16N6O/c1-3-9-7(2)4-10-8(15)5-14-6-11-12-13-14/h6-7,9H,3-5H2,1-2H3,(H,10,15)/t7-/m1/s1. The topological polar surface area (TPSA) is 84.7 Å². The molecule has 7 nitrogen and oxygen atoms in total. The summed E-state index contributed by atoms with van der Waals surface area (Å²) in [4.78, 5) is 11.4. The quantitative estimate of drug-likeness (QED) is 0.618. The highest BCUT2D eigenvalue weighted by molar-refractivity contribution is 5.75. The van der Waals surface area contributed by atoms with Crippen molar-refractivity contribution in [3.8, 4) is 0 Å². The number of hydrogen-bond acceptors (Lipinski definition) is 5. The van der Waals surface area contributed by atoms with E-state index in [1.165, 1.54) is 11.0 Å². The SMILES string of the molecule is CCN[C@H](C)CNC(=O)Cn1cnnn1. The van der Waals surface area contributed by atoms with Crippen LogP contribution >= 0.6 is 0 Å². The van der Waals surface area contributed by atoms with Crippen LogP contribution in [0.3, 0.4) is 0 Å². The van der Waals surface area contributed by atoms with Crippen LogP contribution in [0.1, 0.15) is 13.8 Å². The second kappa shape index (κ2) is 6.07. The number of carbonyl (C=O) groups is 1. The Morgan fingerprint density at radius 3 is 3.00 bits per heavy atom. The number of nitrogens with zero attached hydrogens (tertiary/aromatic N) is 4. The molecule has 0 aromatic carbocycles. The zero-order valence-corrected chi connectivity index (χ0v) is 8.97. The Hall–Kier alpha value is -1.50. The average molecular weight is 212 g/mol. The Morgan fingerprint density at radius 1 is 1.60 bits per heavy atom. The third-order valence-corrected chi connectivity index (χ3v) is 1.86. The summed E-state index contributed by atoms with van der Waals surface area (Å²) in [6.07, 6.45) is 1.41. The largest absolute Gasteiger partial charge is 0.353 e. The molecule has 15 heavy (non-hydrogen) atoms. The summed E-state index contributed by atoms with van der Waals surface area (Å²) in [5, 5.41) is 16.5. The molecule has 0 fully saturated rings. The van der Waals surface area contributed by atoms with Gasteiger partial charge in [0.15, 0.2) is 0 Å². The van der Waals surface area contributed by atoms with E-state index in [0.717, 1.165) is 6.54 Å². The lowest BCUT2D eigenvalue weighted by molar-refractivity contribution is -0.121. The molecule has 0 aliphatic carbocycles. The number of amides is 1. The fraction of sp³-hybridized carbons (Fsp3) is 0.750. The zero-order valence-electron chi connectivity index (χ0n) is 8.97. The van der Waals surface area contributed by atoms with Crippen molar-refractivity contribution in [1.29, 1.82) is 0 Å². The van der Waals surface area contributed by atoms with Crippen molar-refractivity contribution in [3.05, 3.63) is 6.33 Å². The molecule has 0 aliphatic rings. The maximum Gasteiger partial charge on any atom is 0.241 e. The monoisotopic (exact) mass is 212 g/mol. The Labute approximate surface area is 88.2 Å². The van der Waals surface area contributed by atoms with Crippen LogP contribution in [0.25, 0.3) is 0 Å². The van der Waals surface area contributed by atoms with Crippen LogP contribution in [0.4, 0.5) is 0 Å². The third-order valence-electron chi connectivity index (χ3n) is 1.86. The van der Waals surface area contributed by atoms with Crippen molar-refractivity contribution in [2.75, 3.05) is 13.1 Å². The van der Waals surface area contributed by atoms with Gasteiger partial charge in [-0.05, 0) is 23.9 Å². The molecule has 7 heteroatoms. The Kier molecular flexibility index (Phi) is 4.69. The summed E-state index contributed by atoms with van der Waals surface area (Å²) in [7, 11) is 0. The first-order valence-electron chi connectivity index (χ1n) is 4.93. The van der Waals surface area contributed by atoms with E-state index in [4.69, 9.17) is 0 Å². The lowest BCUT2D eigenvalue weighted by Gasteiger charge is -2.12. The lowest BCUT2D eigenvalue weighted by Crippen LogP contribution is -2.40. The highest BCUT2D eigenvalue weighted by Gasteiger charge is 2.05. The Bertz CT molecular complexity index is 285. The van der Waals surface area contributed by atoms with Crippen LogP contribution in [0, 0.1) is 0 Å². The molecule has 0 saturated heterocycles. The summed E-state index contributed by atoms with van der Waals surface area (Å²) in [5.41, 5.74) is 0. The Morgan fingerprint density at radius 2 is 2.40 bits per heavy atom. The van der Waals surface area contributed by atoms with E-state index in [9.17, 15) is 4.79 Å². The van der Waals surface area contributed by atoms with Crippen molar-refractivity contribution in [2.24, 2.45) is 0 Å². The van der Waals surface area contributed by atoms with Crippen molar-refractivity contribution < 1.29 is 4.79 Å². The van der Waals surface area contributed by atoms with Crippen molar-refractivity contribution in [2.45, 2.75) is 26.4 Å². The maximum absolute atomic E-state index is 11.4. The summed E-state index contributed by atoms with van der Waals surface area (Å²) >= 11 is 0. The number of carbonyl (C=O) groups excluding carboxylic acids is 1. The highest BCUT2D eigenvalue weighted by Crippen LogP contribution is 1.81. The molecule has 0 bridgehead atoms. The van der Waals surface area contributed by atoms with Gasteiger partial charge in [0.05, 0.1) is 0 Å². The number of nitrogens with one attached hydrogen (secondary N) is 2. The van der Waals surface area contributed by atoms with Gasteiger partial charge >= 0.3 is 0 Å². The van der Waals surface area contributed by atoms with Crippen molar-refractivity contribution >= 4 is 5.91 Å². The van der Waals surface area contributed by atoms with Gasteiger partial charge in [0.25, 0.3) is 0 Å². The van der Waals surface area contributed by atoms with E-state index in [1.807, 2.05) is 13.8 Å². The molecule has 0 radical (unpaired) electrons. The summed E-state index contributed by atoms with van der Waals surface area (Å²) in [6.45, 7) is 5.70. The molecule has 2 N–H and O–H groups in total. The smallest absolute Gasteiger partial charge is 0.241 e. The van der Waals surface area contributed by atoms with E-state index in [0.29, 0.717) is 6.54 Å². The molecule has 1 heterocycles. The highest BCUT2D eigenvalue weighted by atomic mass is 16.2. The molecule has 0 aliphatic heterocycles. The molecule has 84 valence electrons. The van der Waals surface area contributed by atoms with E-state index in [1.54, 1.807) is 0 Å². The minimum absolute atomic E-state index is 0.0907. The van der Waals surface area contributed by atoms with Gasteiger partial charge in [-0.1, -0.05) is 6.92 Å². The summed E-state index contributed by atoms with van der Waals surface area (Å²) < 4.78 is 1.38. The number of likely N-dealkylation sites (N-methyl/N-ethyl adjacent to an activating group) is 1. The molecular formula is C8H16N6O. The van der Waals surface area contributed by atoms with E-state index >= 15 is 0 Å². The average Bonchev–Trinajstić information content (AvgIpc) is 2.68. The minimum atomic E-state index is -0.0907. The molecule has 0 spiro atoms. The fourth-order valence-electron chi connectivity index (χ4n) is 1.14. The number of aromatic nitrogens is 4. The Balaban J connectivity index is 2.19. The van der Waals surface area contributed by atoms with E-state index < -0.39 is 0 Å². The number of hydrogen-bond donors (Lipinski definition) is 2.